The molecule has 0 N–H and O–H groups in total. The van der Waals surface area contributed by atoms with Crippen molar-refractivity contribution < 1.29 is 8.85 Å². The van der Waals surface area contributed by atoms with Crippen LogP contribution in [0.2, 0.25) is 39.3 Å². The van der Waals surface area contributed by atoms with Gasteiger partial charge in [-0.05, 0) is 99.1 Å². The number of benzene rings is 6. The van der Waals surface area contributed by atoms with Gasteiger partial charge in [-0.3, -0.25) is 0 Å². The predicted octanol–water partition coefficient (Wildman–Crippen LogP) is 9.30. The van der Waals surface area contributed by atoms with Gasteiger partial charge in [-0.25, -0.2) is 0 Å². The molecule has 0 saturated heterocycles. The van der Waals surface area contributed by atoms with E-state index >= 15 is 0 Å². The molecule has 0 amide bonds. The summed E-state index contributed by atoms with van der Waals surface area (Å²) in [6, 6.07) is 57.3. The zero-order chi connectivity index (χ0) is 33.7. The van der Waals surface area contributed by atoms with Gasteiger partial charge in [0.15, 0.2) is 0 Å². The van der Waals surface area contributed by atoms with Gasteiger partial charge in [0, 0.05) is 11.1 Å². The average molecular weight is 699 g/mol. The second kappa shape index (κ2) is 14.8. The minimum absolute atomic E-state index is 0.935. The quantitative estimate of drug-likeness (QED) is 0.0993. The zero-order valence-corrected chi connectivity index (χ0v) is 32.5. The largest absolute Gasteiger partial charge is 0.544 e. The summed E-state index contributed by atoms with van der Waals surface area (Å²) in [5.74, 6) is 1.88. The van der Waals surface area contributed by atoms with Gasteiger partial charge in [0.1, 0.15) is 11.5 Å². The smallest absolute Gasteiger partial charge is 0.242 e. The van der Waals surface area contributed by atoms with Crippen molar-refractivity contribution in [2.24, 2.45) is 0 Å². The fourth-order valence-corrected chi connectivity index (χ4v) is 12.5. The van der Waals surface area contributed by atoms with Crippen LogP contribution in [0.25, 0.3) is 11.1 Å². The first-order valence-electron chi connectivity index (χ1n) is 16.5. The molecular formula is C42H44O2P2Si2. The third kappa shape index (κ3) is 8.08. The third-order valence-corrected chi connectivity index (χ3v) is 14.3. The Hall–Kier alpha value is -3.79. The summed E-state index contributed by atoms with van der Waals surface area (Å²) in [6.07, 6.45) is 0. The molecule has 0 radical (unpaired) electrons. The lowest BCUT2D eigenvalue weighted by atomic mass is 10.0. The van der Waals surface area contributed by atoms with Crippen molar-refractivity contribution in [3.63, 3.8) is 0 Å². The number of rotatable bonds is 11. The Bertz CT molecular complexity index is 1720. The highest BCUT2D eigenvalue weighted by atomic mass is 31.1. The molecule has 6 heteroatoms. The van der Waals surface area contributed by atoms with Crippen molar-refractivity contribution in [3.8, 4) is 22.6 Å². The van der Waals surface area contributed by atoms with Crippen molar-refractivity contribution in [1.29, 1.82) is 0 Å². The molecule has 0 spiro atoms. The van der Waals surface area contributed by atoms with E-state index in [1.165, 1.54) is 31.8 Å². The number of hydrogen-bond donors (Lipinski definition) is 0. The minimum Gasteiger partial charge on any atom is -0.544 e. The molecule has 0 aliphatic carbocycles. The second-order valence-electron chi connectivity index (χ2n) is 13.7. The first-order chi connectivity index (χ1) is 23.1. The van der Waals surface area contributed by atoms with Crippen LogP contribution in [0.15, 0.2) is 158 Å². The van der Waals surface area contributed by atoms with Crippen LogP contribution >= 0.6 is 15.8 Å². The molecule has 6 aromatic rings. The van der Waals surface area contributed by atoms with Gasteiger partial charge in [0.25, 0.3) is 0 Å². The molecule has 242 valence electrons. The fraction of sp³-hybridized carbons (Fsp3) is 0.143. The molecular weight excluding hydrogens is 655 g/mol. The Morgan fingerprint density at radius 3 is 0.854 bits per heavy atom. The van der Waals surface area contributed by atoms with E-state index in [0.717, 1.165) is 22.6 Å². The minimum atomic E-state index is -2.03. The summed E-state index contributed by atoms with van der Waals surface area (Å²) in [4.78, 5) is 0. The standard InChI is InChI=1S/C42H44O2P2Si2/c1-47(2,3)43-37-29-19-31-39(45(33-21-11-7-12-22-33)34-23-13-8-14-24-34)41(37)42-38(44-48(4,5)6)30-20-32-40(42)46(35-25-15-9-16-26-35)36-27-17-10-18-28-36/h7-32H,1-6H3. The Balaban J connectivity index is 1.75. The van der Waals surface area contributed by atoms with Gasteiger partial charge in [-0.1, -0.05) is 146 Å². The third-order valence-electron chi connectivity index (χ3n) is 7.63. The first-order valence-corrected chi connectivity index (χ1v) is 26.0. The molecule has 0 fully saturated rings. The van der Waals surface area contributed by atoms with Crippen molar-refractivity contribution in [3.05, 3.63) is 158 Å². The van der Waals surface area contributed by atoms with Crippen LogP contribution in [0, 0.1) is 0 Å². The summed E-state index contributed by atoms with van der Waals surface area (Å²) in [6.45, 7) is 13.6. The summed E-state index contributed by atoms with van der Waals surface area (Å²) >= 11 is 0. The summed E-state index contributed by atoms with van der Waals surface area (Å²) in [5.41, 5.74) is 2.31. The molecule has 0 aliphatic heterocycles. The molecule has 0 unspecified atom stereocenters. The summed E-state index contributed by atoms with van der Waals surface area (Å²) in [5, 5.41) is 7.80. The maximum Gasteiger partial charge on any atom is 0.242 e. The van der Waals surface area contributed by atoms with Crippen LogP contribution in [0.4, 0.5) is 0 Å². The highest BCUT2D eigenvalue weighted by molar-refractivity contribution is 7.80. The van der Waals surface area contributed by atoms with Crippen LogP contribution in [-0.4, -0.2) is 16.6 Å². The van der Waals surface area contributed by atoms with E-state index in [0.29, 0.717) is 0 Å². The number of hydrogen-bond acceptors (Lipinski definition) is 2. The van der Waals surface area contributed by atoms with Crippen molar-refractivity contribution in [2.75, 3.05) is 0 Å². The normalized spacial score (nSPS) is 11.9. The maximum absolute atomic E-state index is 7.09. The lowest BCUT2D eigenvalue weighted by Gasteiger charge is -2.32. The maximum atomic E-state index is 7.09. The van der Waals surface area contributed by atoms with Gasteiger partial charge in [-0.15, -0.1) is 0 Å². The summed E-state index contributed by atoms with van der Waals surface area (Å²) in [7, 11) is -5.94. The van der Waals surface area contributed by atoms with Crippen molar-refractivity contribution in [2.45, 2.75) is 39.3 Å². The van der Waals surface area contributed by atoms with E-state index in [1.807, 2.05) is 0 Å². The van der Waals surface area contributed by atoms with Gasteiger partial charge < -0.3 is 8.85 Å². The fourth-order valence-electron chi connectivity index (χ4n) is 5.91. The topological polar surface area (TPSA) is 18.5 Å². The monoisotopic (exact) mass is 698 g/mol. The molecule has 2 nitrogen and oxygen atoms in total. The van der Waals surface area contributed by atoms with E-state index in [1.54, 1.807) is 0 Å². The van der Waals surface area contributed by atoms with Crippen LogP contribution in [0.3, 0.4) is 0 Å². The SMILES string of the molecule is C[Si](C)(C)Oc1cccc(P(c2ccccc2)c2ccccc2)c1-c1c(O[Si](C)(C)C)cccc1P(c1ccccc1)c1ccccc1. The van der Waals surface area contributed by atoms with Gasteiger partial charge >= 0.3 is 0 Å². The molecule has 0 aromatic heterocycles. The van der Waals surface area contributed by atoms with E-state index in [9.17, 15) is 0 Å². The Morgan fingerprint density at radius 1 is 0.333 bits per heavy atom. The predicted molar refractivity (Wildman–Crippen MR) is 217 cm³/mol. The zero-order valence-electron chi connectivity index (χ0n) is 28.7. The molecule has 0 aliphatic rings. The van der Waals surface area contributed by atoms with E-state index < -0.39 is 32.5 Å². The van der Waals surface area contributed by atoms with Crippen LogP contribution in [-0.2, 0) is 0 Å². The molecule has 0 bridgehead atoms. The molecule has 0 saturated carbocycles. The Kier molecular flexibility index (Phi) is 10.5. The van der Waals surface area contributed by atoms with Crippen molar-refractivity contribution >= 4 is 64.3 Å². The van der Waals surface area contributed by atoms with E-state index in [2.05, 4.69) is 197 Å². The highest BCUT2D eigenvalue weighted by Crippen LogP contribution is 2.47. The lowest BCUT2D eigenvalue weighted by molar-refractivity contribution is 0.552. The second-order valence-corrected chi connectivity index (χ2v) is 27.0. The lowest BCUT2D eigenvalue weighted by Crippen LogP contribution is -2.33. The van der Waals surface area contributed by atoms with Crippen LogP contribution in [0.1, 0.15) is 0 Å². The highest BCUT2D eigenvalue weighted by Gasteiger charge is 2.32. The van der Waals surface area contributed by atoms with E-state index in [-0.39, 0.29) is 0 Å². The molecule has 0 heterocycles. The Morgan fingerprint density at radius 2 is 0.604 bits per heavy atom. The first kappa shape index (κ1) is 34.1. The average Bonchev–Trinajstić information content (AvgIpc) is 3.06. The van der Waals surface area contributed by atoms with Gasteiger partial charge in [0.05, 0.1) is 0 Å². The Labute approximate surface area is 291 Å². The van der Waals surface area contributed by atoms with E-state index in [4.69, 9.17) is 8.85 Å². The van der Waals surface area contributed by atoms with Crippen molar-refractivity contribution in [1.82, 2.24) is 0 Å². The molecule has 0 atom stereocenters. The van der Waals surface area contributed by atoms with Crippen LogP contribution < -0.4 is 40.7 Å². The molecule has 6 aromatic carbocycles. The van der Waals surface area contributed by atoms with Crippen LogP contribution in [0.5, 0.6) is 11.5 Å². The van der Waals surface area contributed by atoms with Gasteiger partial charge in [0.2, 0.25) is 16.6 Å². The van der Waals surface area contributed by atoms with Gasteiger partial charge in [-0.2, -0.15) is 0 Å². The molecule has 48 heavy (non-hydrogen) atoms. The summed E-state index contributed by atoms with van der Waals surface area (Å²) < 4.78 is 14.2. The molecule has 6 rings (SSSR count).